The number of anilines is 1. The third kappa shape index (κ3) is 3.00. The third-order valence-electron chi connectivity index (χ3n) is 3.21. The molecule has 0 bridgehead atoms. The Morgan fingerprint density at radius 2 is 2.43 bits per heavy atom. The molecular weight excluding hydrogens is 274 g/mol. The summed E-state index contributed by atoms with van der Waals surface area (Å²) in [5, 5.41) is 9.59. The zero-order valence-corrected chi connectivity index (χ0v) is 11.5. The maximum absolute atomic E-state index is 12.0. The van der Waals surface area contributed by atoms with Crippen LogP contribution in [0.3, 0.4) is 0 Å². The molecule has 1 unspecified atom stereocenters. The van der Waals surface area contributed by atoms with E-state index in [1.54, 1.807) is 12.1 Å². The quantitative estimate of drug-likeness (QED) is 0.870. The van der Waals surface area contributed by atoms with Gasteiger partial charge in [-0.2, -0.15) is 4.98 Å². The van der Waals surface area contributed by atoms with E-state index in [2.05, 4.69) is 25.8 Å². The number of nitrogens with one attached hydrogen (secondary N) is 2. The number of ether oxygens (including phenoxy) is 1. The lowest BCUT2D eigenvalue weighted by Gasteiger charge is -2.03. The van der Waals surface area contributed by atoms with Crippen LogP contribution in [0.5, 0.6) is 5.88 Å². The average molecular weight is 289 g/mol. The predicted molar refractivity (Wildman–Crippen MR) is 73.0 cm³/mol. The number of hydrogen-bond donors (Lipinski definition) is 2. The van der Waals surface area contributed by atoms with Crippen LogP contribution in [0.25, 0.3) is 0 Å². The minimum absolute atomic E-state index is 0.00881. The molecule has 2 aromatic rings. The Labute approximate surface area is 120 Å². The van der Waals surface area contributed by atoms with Gasteiger partial charge in [-0.05, 0) is 25.5 Å². The molecule has 3 heterocycles. The number of hydrogen-bond acceptors (Lipinski definition) is 7. The highest BCUT2D eigenvalue weighted by atomic mass is 16.5. The largest absolute Gasteiger partial charge is 0.481 e. The summed E-state index contributed by atoms with van der Waals surface area (Å²) in [7, 11) is 1.53. The second kappa shape index (κ2) is 5.88. The summed E-state index contributed by atoms with van der Waals surface area (Å²) in [6.07, 6.45) is 3.49. The minimum Gasteiger partial charge on any atom is -0.481 e. The van der Waals surface area contributed by atoms with Gasteiger partial charge in [-0.25, -0.2) is 4.98 Å². The van der Waals surface area contributed by atoms with Crippen molar-refractivity contribution >= 4 is 11.6 Å². The number of pyridine rings is 1. The van der Waals surface area contributed by atoms with Gasteiger partial charge >= 0.3 is 0 Å². The van der Waals surface area contributed by atoms with Crippen LogP contribution in [0.15, 0.2) is 22.9 Å². The normalized spacial score (nSPS) is 17.7. The maximum Gasteiger partial charge on any atom is 0.297 e. The summed E-state index contributed by atoms with van der Waals surface area (Å²) in [6.45, 7) is 0.923. The van der Waals surface area contributed by atoms with Crippen LogP contribution >= 0.6 is 0 Å². The molecule has 110 valence electrons. The lowest BCUT2D eigenvalue weighted by Crippen LogP contribution is -2.15. The van der Waals surface area contributed by atoms with Gasteiger partial charge in [0.2, 0.25) is 11.8 Å². The Morgan fingerprint density at radius 1 is 1.52 bits per heavy atom. The number of carbonyl (C=O) groups excluding carboxylic acids is 1. The molecule has 0 aliphatic carbocycles. The van der Waals surface area contributed by atoms with Crippen molar-refractivity contribution in [3.63, 3.8) is 0 Å². The summed E-state index contributed by atoms with van der Waals surface area (Å²) in [4.78, 5) is 20.1. The number of rotatable bonds is 4. The van der Waals surface area contributed by atoms with Crippen molar-refractivity contribution in [1.29, 1.82) is 0 Å². The SMILES string of the molecule is COc1ccc(NC(=O)c2noc(C3CCCN3)n2)cn1. The average Bonchev–Trinajstić information content (AvgIpc) is 3.19. The summed E-state index contributed by atoms with van der Waals surface area (Å²) in [6, 6.07) is 3.38. The molecule has 0 radical (unpaired) electrons. The molecule has 0 aromatic carbocycles. The van der Waals surface area contributed by atoms with E-state index in [1.807, 2.05) is 0 Å². The molecule has 2 N–H and O–H groups in total. The van der Waals surface area contributed by atoms with Gasteiger partial charge in [-0.3, -0.25) is 4.79 Å². The van der Waals surface area contributed by atoms with Gasteiger partial charge in [0.15, 0.2) is 0 Å². The highest BCUT2D eigenvalue weighted by molar-refractivity contribution is 6.01. The number of aromatic nitrogens is 3. The minimum atomic E-state index is -0.435. The molecule has 21 heavy (non-hydrogen) atoms. The van der Waals surface area contributed by atoms with Gasteiger partial charge in [0, 0.05) is 6.07 Å². The summed E-state index contributed by atoms with van der Waals surface area (Å²) in [5.41, 5.74) is 0.533. The smallest absolute Gasteiger partial charge is 0.297 e. The Hall–Kier alpha value is -2.48. The molecule has 0 spiro atoms. The number of nitrogens with zero attached hydrogens (tertiary/aromatic N) is 3. The van der Waals surface area contributed by atoms with Gasteiger partial charge in [0.25, 0.3) is 11.7 Å². The van der Waals surface area contributed by atoms with Crippen LogP contribution in [0, 0.1) is 0 Å². The fraction of sp³-hybridized carbons (Fsp3) is 0.385. The molecule has 1 atom stereocenters. The molecule has 1 amide bonds. The second-order valence-electron chi connectivity index (χ2n) is 4.65. The second-order valence-corrected chi connectivity index (χ2v) is 4.65. The monoisotopic (exact) mass is 289 g/mol. The lowest BCUT2D eigenvalue weighted by atomic mass is 10.2. The topological polar surface area (TPSA) is 102 Å². The zero-order chi connectivity index (χ0) is 14.7. The van der Waals surface area contributed by atoms with Crippen molar-refractivity contribution in [3.8, 4) is 5.88 Å². The predicted octanol–water partition coefficient (Wildman–Crippen LogP) is 1.15. The molecule has 1 aliphatic rings. The molecule has 8 nitrogen and oxygen atoms in total. The summed E-state index contributed by atoms with van der Waals surface area (Å²) < 4.78 is 10.1. The fourth-order valence-corrected chi connectivity index (χ4v) is 2.13. The molecule has 8 heteroatoms. The third-order valence-corrected chi connectivity index (χ3v) is 3.21. The van der Waals surface area contributed by atoms with Crippen LogP contribution in [0.1, 0.15) is 35.4 Å². The van der Waals surface area contributed by atoms with E-state index in [-0.39, 0.29) is 11.9 Å². The van der Waals surface area contributed by atoms with Gasteiger partial charge in [0.1, 0.15) is 0 Å². The Morgan fingerprint density at radius 3 is 3.10 bits per heavy atom. The van der Waals surface area contributed by atoms with Crippen molar-refractivity contribution in [2.24, 2.45) is 0 Å². The van der Waals surface area contributed by atoms with Crippen molar-refractivity contribution < 1.29 is 14.1 Å². The van der Waals surface area contributed by atoms with Crippen LogP contribution < -0.4 is 15.4 Å². The molecule has 1 saturated heterocycles. The first-order valence-electron chi connectivity index (χ1n) is 6.64. The Balaban J connectivity index is 1.67. The lowest BCUT2D eigenvalue weighted by molar-refractivity contribution is 0.101. The van der Waals surface area contributed by atoms with E-state index in [0.29, 0.717) is 17.5 Å². The molecule has 0 saturated carbocycles. The Bertz CT molecular complexity index is 619. The van der Waals surface area contributed by atoms with E-state index in [9.17, 15) is 4.79 Å². The van der Waals surface area contributed by atoms with Gasteiger partial charge < -0.3 is 19.9 Å². The standard InChI is InChI=1S/C13H15N5O3/c1-20-10-5-4-8(7-15-10)16-12(19)11-17-13(21-18-11)9-3-2-6-14-9/h4-5,7,9,14H,2-3,6H2,1H3,(H,16,19). The number of methoxy groups -OCH3 is 1. The van der Waals surface area contributed by atoms with E-state index in [0.717, 1.165) is 19.4 Å². The molecule has 2 aromatic heterocycles. The maximum atomic E-state index is 12.0. The van der Waals surface area contributed by atoms with Crippen LogP contribution in [-0.4, -0.2) is 34.7 Å². The van der Waals surface area contributed by atoms with Crippen molar-refractivity contribution in [1.82, 2.24) is 20.4 Å². The molecule has 1 aliphatic heterocycles. The first kappa shape index (κ1) is 13.5. The number of carbonyl (C=O) groups is 1. The fourth-order valence-electron chi connectivity index (χ4n) is 2.13. The first-order chi connectivity index (χ1) is 10.3. The van der Waals surface area contributed by atoms with Crippen molar-refractivity contribution in [2.75, 3.05) is 19.0 Å². The van der Waals surface area contributed by atoms with E-state index < -0.39 is 5.91 Å². The van der Waals surface area contributed by atoms with E-state index >= 15 is 0 Å². The van der Waals surface area contributed by atoms with E-state index in [1.165, 1.54) is 13.3 Å². The Kier molecular flexibility index (Phi) is 3.78. The van der Waals surface area contributed by atoms with Crippen molar-refractivity contribution in [3.05, 3.63) is 30.0 Å². The van der Waals surface area contributed by atoms with Crippen LogP contribution in [0.4, 0.5) is 5.69 Å². The van der Waals surface area contributed by atoms with E-state index in [4.69, 9.17) is 9.26 Å². The first-order valence-corrected chi connectivity index (χ1v) is 6.64. The highest BCUT2D eigenvalue weighted by Gasteiger charge is 2.24. The summed E-state index contributed by atoms with van der Waals surface area (Å²) >= 11 is 0. The van der Waals surface area contributed by atoms with Crippen LogP contribution in [0.2, 0.25) is 0 Å². The van der Waals surface area contributed by atoms with Crippen LogP contribution in [-0.2, 0) is 0 Å². The zero-order valence-electron chi connectivity index (χ0n) is 11.5. The van der Waals surface area contributed by atoms with Crippen molar-refractivity contribution in [2.45, 2.75) is 18.9 Å². The highest BCUT2D eigenvalue weighted by Crippen LogP contribution is 2.21. The summed E-state index contributed by atoms with van der Waals surface area (Å²) in [5.74, 6) is 0.497. The number of amides is 1. The molecular formula is C13H15N5O3. The van der Waals surface area contributed by atoms with Gasteiger partial charge in [0.05, 0.1) is 25.0 Å². The molecule has 1 fully saturated rings. The van der Waals surface area contributed by atoms with Gasteiger partial charge in [-0.1, -0.05) is 5.16 Å². The van der Waals surface area contributed by atoms with Gasteiger partial charge in [-0.15, -0.1) is 0 Å². The molecule has 3 rings (SSSR count).